The van der Waals surface area contributed by atoms with Gasteiger partial charge in [-0.15, -0.1) is 5.92 Å². The van der Waals surface area contributed by atoms with Crippen LogP contribution < -0.4 is 11.1 Å². The summed E-state index contributed by atoms with van der Waals surface area (Å²) in [5.74, 6) is 6.46. The molecule has 3 N–H and O–H groups in total. The predicted octanol–water partition coefficient (Wildman–Crippen LogP) is 0.973. The van der Waals surface area contributed by atoms with Crippen LogP contribution in [0.5, 0.6) is 0 Å². The Kier molecular flexibility index (Phi) is 6.84. The first-order chi connectivity index (χ1) is 5.76. The molecule has 2 atom stereocenters. The van der Waals surface area contributed by atoms with Crippen LogP contribution in [-0.2, 0) is 0 Å². The number of hydrogen-bond donors (Lipinski definition) is 2. The summed E-state index contributed by atoms with van der Waals surface area (Å²) >= 11 is 0. The summed E-state index contributed by atoms with van der Waals surface area (Å²) in [6.45, 7) is 7.69. The maximum atomic E-state index is 5.62. The van der Waals surface area contributed by atoms with Crippen molar-refractivity contribution in [3.63, 3.8) is 0 Å². The van der Waals surface area contributed by atoms with Gasteiger partial charge in [0.05, 0.1) is 6.54 Å². The molecule has 0 rings (SSSR count). The van der Waals surface area contributed by atoms with E-state index in [4.69, 9.17) is 5.73 Å². The van der Waals surface area contributed by atoms with Crippen LogP contribution in [-0.4, -0.2) is 19.1 Å². The van der Waals surface area contributed by atoms with Gasteiger partial charge in [0, 0.05) is 12.6 Å². The zero-order valence-electron chi connectivity index (χ0n) is 8.35. The molecule has 2 heteroatoms. The molecule has 0 aromatic rings. The lowest BCUT2D eigenvalue weighted by molar-refractivity contribution is 0.387. The van der Waals surface area contributed by atoms with Crippen LogP contribution >= 0.6 is 0 Å². The zero-order valence-corrected chi connectivity index (χ0v) is 8.35. The van der Waals surface area contributed by atoms with E-state index in [0.29, 0.717) is 18.5 Å². The van der Waals surface area contributed by atoms with Gasteiger partial charge in [-0.25, -0.2) is 0 Å². The Labute approximate surface area is 75.9 Å². The fourth-order valence-electron chi connectivity index (χ4n) is 1.07. The number of rotatable bonds is 5. The Morgan fingerprint density at radius 1 is 1.50 bits per heavy atom. The highest BCUT2D eigenvalue weighted by molar-refractivity contribution is 4.98. The highest BCUT2D eigenvalue weighted by Gasteiger charge is 2.11. The summed E-state index contributed by atoms with van der Waals surface area (Å²) in [6.07, 6.45) is 1.16. The van der Waals surface area contributed by atoms with Gasteiger partial charge in [0.2, 0.25) is 0 Å². The molecule has 0 amide bonds. The van der Waals surface area contributed by atoms with Crippen molar-refractivity contribution < 1.29 is 0 Å². The minimum atomic E-state index is 0.413. The molecule has 70 valence electrons. The van der Waals surface area contributed by atoms with E-state index in [0.717, 1.165) is 13.0 Å². The van der Waals surface area contributed by atoms with Crippen molar-refractivity contribution in [2.45, 2.75) is 33.2 Å². The van der Waals surface area contributed by atoms with Gasteiger partial charge in [-0.2, -0.15) is 0 Å². The second-order valence-electron chi connectivity index (χ2n) is 3.04. The molecular weight excluding hydrogens is 148 g/mol. The summed E-state index contributed by atoms with van der Waals surface area (Å²) in [5, 5.41) is 3.32. The SMILES string of the molecule is CC#CCNC(CN)C(C)CC. The Morgan fingerprint density at radius 3 is 2.58 bits per heavy atom. The van der Waals surface area contributed by atoms with Gasteiger partial charge >= 0.3 is 0 Å². The largest absolute Gasteiger partial charge is 0.329 e. The van der Waals surface area contributed by atoms with Gasteiger partial charge in [-0.1, -0.05) is 26.2 Å². The average molecular weight is 168 g/mol. The van der Waals surface area contributed by atoms with E-state index < -0.39 is 0 Å². The molecule has 0 aliphatic carbocycles. The first kappa shape index (κ1) is 11.5. The third kappa shape index (κ3) is 4.38. The number of nitrogens with one attached hydrogen (secondary N) is 1. The van der Waals surface area contributed by atoms with E-state index in [-0.39, 0.29) is 0 Å². The van der Waals surface area contributed by atoms with E-state index in [9.17, 15) is 0 Å². The minimum absolute atomic E-state index is 0.413. The lowest BCUT2D eigenvalue weighted by atomic mass is 9.99. The van der Waals surface area contributed by atoms with Crippen molar-refractivity contribution in [1.29, 1.82) is 0 Å². The number of nitrogens with two attached hydrogens (primary N) is 1. The quantitative estimate of drug-likeness (QED) is 0.600. The van der Waals surface area contributed by atoms with Crippen LogP contribution in [0, 0.1) is 17.8 Å². The molecule has 0 spiro atoms. The van der Waals surface area contributed by atoms with Gasteiger partial charge in [-0.3, -0.25) is 0 Å². The first-order valence-corrected chi connectivity index (χ1v) is 4.59. The van der Waals surface area contributed by atoms with Crippen LogP contribution in [0.4, 0.5) is 0 Å². The van der Waals surface area contributed by atoms with Gasteiger partial charge in [0.25, 0.3) is 0 Å². The molecule has 2 unspecified atom stereocenters. The molecule has 0 saturated carbocycles. The minimum Gasteiger partial charge on any atom is -0.329 e. The van der Waals surface area contributed by atoms with Crippen LogP contribution in [0.1, 0.15) is 27.2 Å². The molecule has 0 radical (unpaired) electrons. The lowest BCUT2D eigenvalue weighted by Gasteiger charge is -2.21. The Morgan fingerprint density at radius 2 is 2.17 bits per heavy atom. The molecule has 2 nitrogen and oxygen atoms in total. The van der Waals surface area contributed by atoms with E-state index in [1.807, 2.05) is 6.92 Å². The third-order valence-corrected chi connectivity index (χ3v) is 2.21. The lowest BCUT2D eigenvalue weighted by Crippen LogP contribution is -2.41. The van der Waals surface area contributed by atoms with Gasteiger partial charge in [0.1, 0.15) is 0 Å². The molecular formula is C10H20N2. The third-order valence-electron chi connectivity index (χ3n) is 2.21. The number of hydrogen-bond acceptors (Lipinski definition) is 2. The van der Waals surface area contributed by atoms with Gasteiger partial charge < -0.3 is 11.1 Å². The van der Waals surface area contributed by atoms with E-state index in [1.165, 1.54) is 0 Å². The normalized spacial score (nSPS) is 14.7. The molecule has 0 saturated heterocycles. The molecule has 0 heterocycles. The second-order valence-corrected chi connectivity index (χ2v) is 3.04. The van der Waals surface area contributed by atoms with Gasteiger partial charge in [-0.05, 0) is 12.8 Å². The van der Waals surface area contributed by atoms with E-state index in [1.54, 1.807) is 0 Å². The van der Waals surface area contributed by atoms with Crippen molar-refractivity contribution >= 4 is 0 Å². The van der Waals surface area contributed by atoms with Crippen LogP contribution in [0.3, 0.4) is 0 Å². The monoisotopic (exact) mass is 168 g/mol. The molecule has 0 aromatic heterocycles. The van der Waals surface area contributed by atoms with E-state index >= 15 is 0 Å². The van der Waals surface area contributed by atoms with Crippen molar-refractivity contribution in [3.05, 3.63) is 0 Å². The molecule has 12 heavy (non-hydrogen) atoms. The maximum absolute atomic E-state index is 5.62. The molecule has 0 aromatic carbocycles. The zero-order chi connectivity index (χ0) is 9.40. The molecule has 0 fully saturated rings. The Hall–Kier alpha value is -0.520. The summed E-state index contributed by atoms with van der Waals surface area (Å²) in [7, 11) is 0. The van der Waals surface area contributed by atoms with Crippen LogP contribution in [0.2, 0.25) is 0 Å². The second kappa shape index (κ2) is 7.15. The maximum Gasteiger partial charge on any atom is 0.0579 e. The van der Waals surface area contributed by atoms with Crippen molar-refractivity contribution in [2.75, 3.05) is 13.1 Å². The van der Waals surface area contributed by atoms with Crippen LogP contribution in [0.25, 0.3) is 0 Å². The summed E-state index contributed by atoms with van der Waals surface area (Å²) in [4.78, 5) is 0. The summed E-state index contributed by atoms with van der Waals surface area (Å²) in [6, 6.07) is 0.413. The van der Waals surface area contributed by atoms with E-state index in [2.05, 4.69) is 31.0 Å². The Balaban J connectivity index is 3.71. The highest BCUT2D eigenvalue weighted by Crippen LogP contribution is 2.05. The smallest absolute Gasteiger partial charge is 0.0579 e. The van der Waals surface area contributed by atoms with Gasteiger partial charge in [0.15, 0.2) is 0 Å². The highest BCUT2D eigenvalue weighted by atomic mass is 14.9. The average Bonchev–Trinajstić information content (AvgIpc) is 2.11. The topological polar surface area (TPSA) is 38.0 Å². The summed E-state index contributed by atoms with van der Waals surface area (Å²) < 4.78 is 0. The molecule has 0 bridgehead atoms. The fourth-order valence-corrected chi connectivity index (χ4v) is 1.07. The summed E-state index contributed by atoms with van der Waals surface area (Å²) in [5.41, 5.74) is 5.62. The van der Waals surface area contributed by atoms with Crippen molar-refractivity contribution in [3.8, 4) is 11.8 Å². The Bertz CT molecular complexity index is 155. The molecule has 0 aliphatic heterocycles. The standard InChI is InChI=1S/C10H20N2/c1-4-6-7-12-10(8-11)9(3)5-2/h9-10,12H,5,7-8,11H2,1-3H3. The predicted molar refractivity (Wildman–Crippen MR) is 53.8 cm³/mol. The van der Waals surface area contributed by atoms with Crippen molar-refractivity contribution in [1.82, 2.24) is 5.32 Å². The van der Waals surface area contributed by atoms with Crippen molar-refractivity contribution in [2.24, 2.45) is 11.7 Å². The fraction of sp³-hybridized carbons (Fsp3) is 0.800. The van der Waals surface area contributed by atoms with Crippen LogP contribution in [0.15, 0.2) is 0 Å². The molecule has 0 aliphatic rings. The first-order valence-electron chi connectivity index (χ1n) is 4.59.